The number of aromatic nitrogens is 4. The second kappa shape index (κ2) is 5.19. The zero-order valence-corrected chi connectivity index (χ0v) is 11.1. The van der Waals surface area contributed by atoms with Gasteiger partial charge in [0.2, 0.25) is 5.82 Å². The van der Waals surface area contributed by atoms with E-state index in [-0.39, 0.29) is 17.0 Å². The van der Waals surface area contributed by atoms with Crippen LogP contribution in [-0.4, -0.2) is 30.7 Å². The summed E-state index contributed by atoms with van der Waals surface area (Å²) in [6.45, 7) is 3.54. The van der Waals surface area contributed by atoms with Gasteiger partial charge in [0.25, 0.3) is 0 Å². The zero-order chi connectivity index (χ0) is 15.8. The van der Waals surface area contributed by atoms with Gasteiger partial charge < -0.3 is 15.0 Å². The van der Waals surface area contributed by atoms with Crippen molar-refractivity contribution in [1.82, 2.24) is 24.8 Å². The molecule has 21 heavy (non-hydrogen) atoms. The molecule has 7 nitrogen and oxygen atoms in total. The Morgan fingerprint density at radius 2 is 2.14 bits per heavy atom. The fourth-order valence-electron chi connectivity index (χ4n) is 1.96. The first kappa shape index (κ1) is 15.0. The lowest BCUT2D eigenvalue weighted by Gasteiger charge is -2.12. The smallest absolute Gasteiger partial charge is 0.451 e. The lowest BCUT2D eigenvalue weighted by Crippen LogP contribution is -2.27. The molecule has 2 heterocycles. The summed E-state index contributed by atoms with van der Waals surface area (Å²) in [6, 6.07) is -0.689. The standard InChI is InChI=1S/C11H12F3N5O2/c1-3-19-7(5(2)16-10(20)21)17-6-4-15-9(11(12,13)14)18-8(6)19/h4-5,16H,3H2,1-2H3,(H,20,21). The third-order valence-electron chi connectivity index (χ3n) is 2.81. The number of carbonyl (C=O) groups is 1. The van der Waals surface area contributed by atoms with Gasteiger partial charge in [0.05, 0.1) is 12.2 Å². The first-order valence-corrected chi connectivity index (χ1v) is 6.03. The van der Waals surface area contributed by atoms with Gasteiger partial charge in [0, 0.05) is 6.54 Å². The molecule has 2 aromatic rings. The summed E-state index contributed by atoms with van der Waals surface area (Å²) < 4.78 is 39.4. The molecule has 2 rings (SSSR count). The Labute approximate surface area is 116 Å². The lowest BCUT2D eigenvalue weighted by atomic mass is 10.3. The lowest BCUT2D eigenvalue weighted by molar-refractivity contribution is -0.144. The highest BCUT2D eigenvalue weighted by Gasteiger charge is 2.35. The molecule has 0 aliphatic heterocycles. The maximum atomic E-state index is 12.6. The number of hydrogen-bond acceptors (Lipinski definition) is 4. The van der Waals surface area contributed by atoms with Crippen LogP contribution in [0.2, 0.25) is 0 Å². The summed E-state index contributed by atoms with van der Waals surface area (Å²) in [5.41, 5.74) is 0.202. The summed E-state index contributed by atoms with van der Waals surface area (Å²) in [5, 5.41) is 10.9. The number of fused-ring (bicyclic) bond motifs is 1. The minimum Gasteiger partial charge on any atom is -0.465 e. The number of hydrogen-bond donors (Lipinski definition) is 2. The molecule has 114 valence electrons. The SMILES string of the molecule is CCn1c(C(C)NC(=O)O)nc2cnc(C(F)(F)F)nc21. The highest BCUT2D eigenvalue weighted by atomic mass is 19.4. The summed E-state index contributed by atoms with van der Waals surface area (Å²) in [4.78, 5) is 21.5. The maximum absolute atomic E-state index is 12.6. The third kappa shape index (κ3) is 2.88. The molecule has 0 aromatic carbocycles. The van der Waals surface area contributed by atoms with E-state index < -0.39 is 24.1 Å². The van der Waals surface area contributed by atoms with Gasteiger partial charge in [0.1, 0.15) is 11.3 Å². The van der Waals surface area contributed by atoms with Crippen LogP contribution < -0.4 is 5.32 Å². The predicted molar refractivity (Wildman–Crippen MR) is 65.6 cm³/mol. The van der Waals surface area contributed by atoms with Crippen molar-refractivity contribution < 1.29 is 23.1 Å². The highest BCUT2D eigenvalue weighted by Crippen LogP contribution is 2.28. The number of rotatable bonds is 3. The van der Waals surface area contributed by atoms with Gasteiger partial charge in [-0.05, 0) is 13.8 Å². The molecule has 10 heteroatoms. The molecule has 0 radical (unpaired) electrons. The zero-order valence-electron chi connectivity index (χ0n) is 11.1. The second-order valence-electron chi connectivity index (χ2n) is 4.29. The molecular formula is C11H12F3N5O2. The van der Waals surface area contributed by atoms with Crippen molar-refractivity contribution in [2.24, 2.45) is 0 Å². The molecule has 0 aliphatic rings. The number of alkyl halides is 3. The van der Waals surface area contributed by atoms with Crippen LogP contribution in [0.1, 0.15) is 31.5 Å². The van der Waals surface area contributed by atoms with Crippen molar-refractivity contribution in [2.45, 2.75) is 32.6 Å². The van der Waals surface area contributed by atoms with Crippen molar-refractivity contribution >= 4 is 17.3 Å². The molecule has 0 spiro atoms. The van der Waals surface area contributed by atoms with Crippen LogP contribution in [0.5, 0.6) is 0 Å². The number of carboxylic acid groups (broad SMARTS) is 1. The van der Waals surface area contributed by atoms with E-state index in [0.717, 1.165) is 6.20 Å². The Balaban J connectivity index is 2.56. The third-order valence-corrected chi connectivity index (χ3v) is 2.81. The monoisotopic (exact) mass is 303 g/mol. The summed E-state index contributed by atoms with van der Waals surface area (Å²) in [7, 11) is 0. The second-order valence-corrected chi connectivity index (χ2v) is 4.29. The topological polar surface area (TPSA) is 92.9 Å². The number of nitrogens with one attached hydrogen (secondary N) is 1. The highest BCUT2D eigenvalue weighted by molar-refractivity contribution is 5.71. The van der Waals surface area contributed by atoms with E-state index in [1.807, 2.05) is 0 Å². The number of nitrogens with zero attached hydrogens (tertiary/aromatic N) is 4. The minimum atomic E-state index is -4.65. The Bertz CT molecular complexity index is 682. The van der Waals surface area contributed by atoms with E-state index in [0.29, 0.717) is 6.54 Å². The van der Waals surface area contributed by atoms with Crippen LogP contribution in [0.4, 0.5) is 18.0 Å². The van der Waals surface area contributed by atoms with Crippen LogP contribution >= 0.6 is 0 Å². The van der Waals surface area contributed by atoms with E-state index in [9.17, 15) is 18.0 Å². The largest absolute Gasteiger partial charge is 0.465 e. The van der Waals surface area contributed by atoms with E-state index in [1.165, 1.54) is 4.57 Å². The molecule has 0 saturated carbocycles. The van der Waals surface area contributed by atoms with Gasteiger partial charge in [-0.15, -0.1) is 0 Å². The van der Waals surface area contributed by atoms with E-state index in [4.69, 9.17) is 5.11 Å². The van der Waals surface area contributed by atoms with E-state index in [1.54, 1.807) is 13.8 Å². The van der Waals surface area contributed by atoms with Crippen molar-refractivity contribution in [3.8, 4) is 0 Å². The summed E-state index contributed by atoms with van der Waals surface area (Å²) >= 11 is 0. The fourth-order valence-corrected chi connectivity index (χ4v) is 1.96. The molecular weight excluding hydrogens is 291 g/mol. The molecule has 0 fully saturated rings. The molecule has 0 saturated heterocycles. The number of imidazole rings is 1. The summed E-state index contributed by atoms with van der Waals surface area (Å²) in [6.07, 6.45) is -4.92. The fraction of sp³-hybridized carbons (Fsp3) is 0.455. The Hall–Kier alpha value is -2.39. The average molecular weight is 303 g/mol. The molecule has 1 amide bonds. The Morgan fingerprint density at radius 3 is 2.67 bits per heavy atom. The molecule has 0 bridgehead atoms. The predicted octanol–water partition coefficient (Wildman–Crippen LogP) is 2.19. The van der Waals surface area contributed by atoms with Crippen molar-refractivity contribution in [3.63, 3.8) is 0 Å². The minimum absolute atomic E-state index is 0.0221. The number of halogens is 3. The Morgan fingerprint density at radius 1 is 1.48 bits per heavy atom. The van der Waals surface area contributed by atoms with Gasteiger partial charge in [-0.3, -0.25) is 0 Å². The molecule has 2 aromatic heterocycles. The maximum Gasteiger partial charge on any atom is 0.451 e. The van der Waals surface area contributed by atoms with Crippen molar-refractivity contribution in [1.29, 1.82) is 0 Å². The van der Waals surface area contributed by atoms with Gasteiger partial charge >= 0.3 is 12.3 Å². The average Bonchev–Trinajstić information content (AvgIpc) is 2.74. The molecule has 0 aliphatic carbocycles. The van der Waals surface area contributed by atoms with Crippen LogP contribution in [0.3, 0.4) is 0 Å². The van der Waals surface area contributed by atoms with Gasteiger partial charge in [0.15, 0.2) is 5.65 Å². The summed E-state index contributed by atoms with van der Waals surface area (Å²) in [5.74, 6) is -0.974. The molecule has 2 N–H and O–H groups in total. The first-order chi connectivity index (χ1) is 9.74. The molecule has 1 unspecified atom stereocenters. The van der Waals surface area contributed by atoms with Gasteiger partial charge in [-0.25, -0.2) is 19.7 Å². The first-order valence-electron chi connectivity index (χ1n) is 6.03. The van der Waals surface area contributed by atoms with Crippen molar-refractivity contribution in [2.75, 3.05) is 0 Å². The number of aryl methyl sites for hydroxylation is 1. The van der Waals surface area contributed by atoms with Crippen LogP contribution in [0.15, 0.2) is 6.20 Å². The number of amides is 1. The Kier molecular flexibility index (Phi) is 3.71. The van der Waals surface area contributed by atoms with Crippen LogP contribution in [-0.2, 0) is 12.7 Å². The van der Waals surface area contributed by atoms with E-state index in [2.05, 4.69) is 20.3 Å². The van der Waals surface area contributed by atoms with Crippen LogP contribution in [0.25, 0.3) is 11.2 Å². The molecule has 1 atom stereocenters. The van der Waals surface area contributed by atoms with Gasteiger partial charge in [-0.2, -0.15) is 13.2 Å². The normalized spacial score (nSPS) is 13.4. The van der Waals surface area contributed by atoms with Crippen LogP contribution in [0, 0.1) is 0 Å². The van der Waals surface area contributed by atoms with Gasteiger partial charge in [-0.1, -0.05) is 0 Å². The quantitative estimate of drug-likeness (QED) is 0.906. The van der Waals surface area contributed by atoms with Crippen molar-refractivity contribution in [3.05, 3.63) is 17.8 Å². The van der Waals surface area contributed by atoms with E-state index >= 15 is 0 Å².